The average Bonchev–Trinajstić information content (AvgIpc) is 3.16. The van der Waals surface area contributed by atoms with E-state index < -0.39 is 32.3 Å². The Morgan fingerprint density at radius 1 is 1.14 bits per heavy atom. The minimum atomic E-state index is -4.89. The van der Waals surface area contributed by atoms with Gasteiger partial charge in [-0.2, -0.15) is 28.5 Å². The zero-order chi connectivity index (χ0) is 20.1. The quantitative estimate of drug-likeness (QED) is 0.614. The maximum atomic E-state index is 12.4. The number of sulfone groups is 1. The molecule has 14 heteroatoms. The van der Waals surface area contributed by atoms with Gasteiger partial charge in [-0.1, -0.05) is 18.2 Å². The Bertz CT molecular complexity index is 1130. The zero-order valence-corrected chi connectivity index (χ0v) is 15.9. The smallest absolute Gasteiger partial charge is 0.314 e. The van der Waals surface area contributed by atoms with Crippen molar-refractivity contribution in [2.75, 3.05) is 12.3 Å². The van der Waals surface area contributed by atoms with Gasteiger partial charge in [-0.25, -0.2) is 13.2 Å². The first-order chi connectivity index (χ1) is 13.1. The lowest BCUT2D eigenvalue weighted by atomic mass is 10.1. The zero-order valence-electron chi connectivity index (χ0n) is 14.2. The maximum absolute atomic E-state index is 12.4. The van der Waals surface area contributed by atoms with Crippen LogP contribution in [-0.4, -0.2) is 64.7 Å². The van der Waals surface area contributed by atoms with Crippen LogP contribution in [0, 0.1) is 0 Å². The summed E-state index contributed by atoms with van der Waals surface area (Å²) in [6.07, 6.45) is 0. The second kappa shape index (κ2) is 6.51. The number of hydrogen-bond donors (Lipinski definition) is 1. The van der Waals surface area contributed by atoms with Gasteiger partial charge in [0.15, 0.2) is 9.84 Å². The van der Waals surface area contributed by atoms with Gasteiger partial charge in [0.25, 0.3) is 0 Å². The fraction of sp³-hybridized carbons (Fsp3) is 0.357. The van der Waals surface area contributed by atoms with E-state index in [-0.39, 0.29) is 30.3 Å². The van der Waals surface area contributed by atoms with E-state index in [1.165, 1.54) is 21.8 Å². The summed E-state index contributed by atoms with van der Waals surface area (Å²) in [5.74, 6) is -0.233. The fourth-order valence-electron chi connectivity index (χ4n) is 3.14. The number of nitrogens with zero attached hydrogens (tertiary/aromatic N) is 5. The molecule has 1 fully saturated rings. The molecule has 0 saturated carbocycles. The van der Waals surface area contributed by atoms with Crippen molar-refractivity contribution in [3.05, 3.63) is 41.7 Å². The van der Waals surface area contributed by atoms with Crippen molar-refractivity contribution < 1.29 is 30.5 Å². The molecule has 1 aromatic carbocycles. The van der Waals surface area contributed by atoms with E-state index in [1.807, 2.05) is 0 Å². The summed E-state index contributed by atoms with van der Waals surface area (Å²) in [5, 5.41) is 8.94. The Hall–Kier alpha value is -2.55. The predicted molar refractivity (Wildman–Crippen MR) is 91.5 cm³/mol. The Morgan fingerprint density at radius 3 is 2.54 bits per heavy atom. The molecule has 3 heterocycles. The van der Waals surface area contributed by atoms with Gasteiger partial charge >= 0.3 is 16.4 Å². The number of amides is 2. The predicted octanol–water partition coefficient (Wildman–Crippen LogP) is -0.221. The Kier molecular flexibility index (Phi) is 4.37. The molecule has 2 bridgehead atoms. The Labute approximate surface area is 160 Å². The number of hydroxylamine groups is 2. The van der Waals surface area contributed by atoms with Crippen molar-refractivity contribution in [2.24, 2.45) is 0 Å². The van der Waals surface area contributed by atoms with Crippen LogP contribution in [-0.2, 0) is 37.6 Å². The van der Waals surface area contributed by atoms with Gasteiger partial charge in [-0.15, -0.1) is 4.28 Å². The summed E-state index contributed by atoms with van der Waals surface area (Å²) < 4.78 is 60.0. The molecular weight excluding hydrogens is 414 g/mol. The molecule has 28 heavy (non-hydrogen) atoms. The lowest BCUT2D eigenvalue weighted by molar-refractivity contribution is -0.0328. The van der Waals surface area contributed by atoms with E-state index in [1.54, 1.807) is 18.2 Å². The summed E-state index contributed by atoms with van der Waals surface area (Å²) >= 11 is 0. The first kappa shape index (κ1) is 18.8. The minimum absolute atomic E-state index is 0.0238. The lowest BCUT2D eigenvalue weighted by Crippen LogP contribution is -2.32. The molecule has 2 amide bonds. The third-order valence-electron chi connectivity index (χ3n) is 4.38. The number of fused-ring (bicyclic) bond motifs is 4. The number of aromatic nitrogens is 3. The first-order valence-corrected chi connectivity index (χ1v) is 11.1. The third-order valence-corrected chi connectivity index (χ3v) is 6.44. The number of rotatable bonds is 6. The second-order valence-electron chi connectivity index (χ2n) is 6.27. The summed E-state index contributed by atoms with van der Waals surface area (Å²) in [7, 11) is -8.42. The minimum Gasteiger partial charge on any atom is -0.314 e. The van der Waals surface area contributed by atoms with Crippen molar-refractivity contribution in [3.63, 3.8) is 0 Å². The van der Waals surface area contributed by atoms with Gasteiger partial charge in [-0.05, 0) is 12.1 Å². The molecule has 0 aliphatic carbocycles. The highest BCUT2D eigenvalue weighted by atomic mass is 32.3. The largest absolute Gasteiger partial charge is 0.418 e. The summed E-state index contributed by atoms with van der Waals surface area (Å²) in [6, 6.07) is 6.36. The van der Waals surface area contributed by atoms with Crippen LogP contribution in [0.3, 0.4) is 0 Å². The van der Waals surface area contributed by atoms with Crippen molar-refractivity contribution in [1.82, 2.24) is 25.0 Å². The molecule has 1 saturated heterocycles. The van der Waals surface area contributed by atoms with E-state index in [0.717, 1.165) is 0 Å². The van der Waals surface area contributed by atoms with Crippen molar-refractivity contribution in [1.29, 1.82) is 0 Å². The van der Waals surface area contributed by atoms with Crippen LogP contribution < -0.4 is 0 Å². The van der Waals surface area contributed by atoms with Crippen LogP contribution in [0.15, 0.2) is 35.2 Å². The molecular formula is C14H15N5O7S2. The molecule has 1 N–H and O–H groups in total. The third kappa shape index (κ3) is 3.46. The van der Waals surface area contributed by atoms with Gasteiger partial charge in [0.1, 0.15) is 17.4 Å². The summed E-state index contributed by atoms with van der Waals surface area (Å²) in [4.78, 5) is 14.8. The topological polar surface area (TPSA) is 152 Å². The molecule has 0 radical (unpaired) electrons. The van der Waals surface area contributed by atoms with Crippen molar-refractivity contribution >= 4 is 26.3 Å². The van der Waals surface area contributed by atoms with Crippen molar-refractivity contribution in [2.45, 2.75) is 24.0 Å². The normalized spacial score (nSPS) is 19.2. The molecule has 12 nitrogen and oxygen atoms in total. The summed E-state index contributed by atoms with van der Waals surface area (Å²) in [5.41, 5.74) is 0.700. The van der Waals surface area contributed by atoms with E-state index in [9.17, 15) is 21.6 Å². The van der Waals surface area contributed by atoms with Gasteiger partial charge < -0.3 is 4.90 Å². The SMILES string of the molecule is O=C1N2Cc3nn(CCS(=O)(=O)c4ccccc4)nc3C(C2)N1OS(=O)(=O)O. The molecule has 2 aromatic rings. The van der Waals surface area contributed by atoms with Crippen LogP contribution >= 0.6 is 0 Å². The number of hydrogen-bond acceptors (Lipinski definition) is 8. The fourth-order valence-corrected chi connectivity index (χ4v) is 4.73. The average molecular weight is 429 g/mol. The highest BCUT2D eigenvalue weighted by molar-refractivity contribution is 7.91. The van der Waals surface area contributed by atoms with E-state index in [2.05, 4.69) is 14.5 Å². The molecule has 2 aliphatic rings. The molecule has 1 aromatic heterocycles. The van der Waals surface area contributed by atoms with E-state index in [4.69, 9.17) is 4.55 Å². The molecule has 2 aliphatic heterocycles. The summed E-state index contributed by atoms with van der Waals surface area (Å²) in [6.45, 7) is 0.161. The van der Waals surface area contributed by atoms with Gasteiger partial charge in [0, 0.05) is 0 Å². The van der Waals surface area contributed by atoms with Gasteiger partial charge in [-0.3, -0.25) is 4.55 Å². The number of benzene rings is 1. The second-order valence-corrected chi connectivity index (χ2v) is 9.38. The molecule has 1 atom stereocenters. The number of carbonyl (C=O) groups excluding carboxylic acids is 1. The van der Waals surface area contributed by atoms with E-state index in [0.29, 0.717) is 16.5 Å². The number of carbonyl (C=O) groups is 1. The first-order valence-electron chi connectivity index (χ1n) is 8.11. The van der Waals surface area contributed by atoms with Crippen LogP contribution in [0.4, 0.5) is 4.79 Å². The van der Waals surface area contributed by atoms with Gasteiger partial charge in [0.2, 0.25) is 0 Å². The molecule has 0 spiro atoms. The molecule has 150 valence electrons. The monoisotopic (exact) mass is 429 g/mol. The highest BCUT2D eigenvalue weighted by Crippen LogP contribution is 2.36. The van der Waals surface area contributed by atoms with Crippen molar-refractivity contribution in [3.8, 4) is 0 Å². The highest BCUT2D eigenvalue weighted by Gasteiger charge is 2.48. The standard InChI is InChI=1S/C14H15N5O7S2/c20-14-17-8-11-13(12(9-17)19(14)26-28(23,24)25)16-18(15-11)6-7-27(21,22)10-4-2-1-3-5-10/h1-5,12H,6-9H2,(H,23,24,25). The molecule has 1 unspecified atom stereocenters. The van der Waals surface area contributed by atoms with E-state index >= 15 is 0 Å². The van der Waals surface area contributed by atoms with Crippen LogP contribution in [0.1, 0.15) is 17.4 Å². The van der Waals surface area contributed by atoms with Gasteiger partial charge in [0.05, 0.1) is 30.3 Å². The lowest BCUT2D eigenvalue weighted by Gasteiger charge is -2.18. The molecule has 4 rings (SSSR count). The van der Waals surface area contributed by atoms with Crippen LogP contribution in [0.25, 0.3) is 0 Å². The Balaban J connectivity index is 1.54. The number of urea groups is 1. The Morgan fingerprint density at radius 2 is 1.86 bits per heavy atom. The number of aryl methyl sites for hydroxylation is 1. The van der Waals surface area contributed by atoms with Crippen LogP contribution in [0.5, 0.6) is 0 Å². The maximum Gasteiger partial charge on any atom is 0.418 e. The van der Waals surface area contributed by atoms with Crippen LogP contribution in [0.2, 0.25) is 0 Å².